The Morgan fingerprint density at radius 3 is 3.05 bits per heavy atom. The van der Waals surface area contributed by atoms with Gasteiger partial charge in [-0.05, 0) is 44.5 Å². The largest absolute Gasteiger partial charge is 0.507 e. The van der Waals surface area contributed by atoms with Crippen LogP contribution >= 0.6 is 0 Å². The summed E-state index contributed by atoms with van der Waals surface area (Å²) in [7, 11) is 0. The summed E-state index contributed by atoms with van der Waals surface area (Å²) in [5.74, 6) is -0.108. The van der Waals surface area contributed by atoms with Gasteiger partial charge in [0, 0.05) is 12.6 Å². The number of aromatic hydroxyl groups is 1. The molecule has 1 saturated heterocycles. The summed E-state index contributed by atoms with van der Waals surface area (Å²) in [5.41, 5.74) is 1.09. The number of carbonyl (C=O) groups is 1. The first-order valence-electron chi connectivity index (χ1n) is 6.94. The van der Waals surface area contributed by atoms with Crippen LogP contribution in [0.25, 0.3) is 0 Å². The molecule has 1 aromatic rings. The van der Waals surface area contributed by atoms with Gasteiger partial charge in [-0.3, -0.25) is 9.69 Å². The van der Waals surface area contributed by atoms with E-state index in [9.17, 15) is 9.90 Å². The average molecular weight is 262 g/mol. The molecule has 19 heavy (non-hydrogen) atoms. The number of likely N-dealkylation sites (N-methyl/N-ethyl adjacent to an activating group) is 1. The van der Waals surface area contributed by atoms with Gasteiger partial charge in [0.05, 0.1) is 5.56 Å². The minimum absolute atomic E-state index is 0.0822. The maximum absolute atomic E-state index is 12.1. The van der Waals surface area contributed by atoms with Crippen LogP contribution in [-0.2, 0) is 0 Å². The molecule has 0 aromatic heterocycles. The van der Waals surface area contributed by atoms with E-state index in [0.717, 1.165) is 25.1 Å². The number of carbonyl (C=O) groups excluding carboxylic acids is 1. The highest BCUT2D eigenvalue weighted by molar-refractivity contribution is 5.97. The standard InChI is InChI=1S/C15H22N2O2/c1-3-17-9-5-7-12(17)10-16-15(19)13-8-4-6-11(2)14(13)18/h4,6,8,12,18H,3,5,7,9-10H2,1-2H3,(H,16,19). The summed E-state index contributed by atoms with van der Waals surface area (Å²) in [5, 5.41) is 12.8. The van der Waals surface area contributed by atoms with Gasteiger partial charge in [0.15, 0.2) is 0 Å². The number of nitrogens with one attached hydrogen (secondary N) is 1. The molecule has 104 valence electrons. The molecule has 4 nitrogen and oxygen atoms in total. The molecule has 2 N–H and O–H groups in total. The number of rotatable bonds is 4. The van der Waals surface area contributed by atoms with Crippen LogP contribution < -0.4 is 5.32 Å². The van der Waals surface area contributed by atoms with E-state index in [2.05, 4.69) is 17.1 Å². The van der Waals surface area contributed by atoms with Crippen LogP contribution in [0.1, 0.15) is 35.7 Å². The van der Waals surface area contributed by atoms with Crippen LogP contribution in [0, 0.1) is 6.92 Å². The highest BCUT2D eigenvalue weighted by Gasteiger charge is 2.23. The Morgan fingerprint density at radius 2 is 2.32 bits per heavy atom. The number of nitrogens with zero attached hydrogens (tertiary/aromatic N) is 1. The molecule has 0 aliphatic carbocycles. The lowest BCUT2D eigenvalue weighted by Gasteiger charge is -2.23. The Morgan fingerprint density at radius 1 is 1.53 bits per heavy atom. The molecule has 0 spiro atoms. The van der Waals surface area contributed by atoms with Gasteiger partial charge in [0.2, 0.25) is 0 Å². The third kappa shape index (κ3) is 3.07. The van der Waals surface area contributed by atoms with Crippen molar-refractivity contribution in [2.75, 3.05) is 19.6 Å². The van der Waals surface area contributed by atoms with Crippen molar-refractivity contribution in [3.63, 3.8) is 0 Å². The molecule has 1 amide bonds. The van der Waals surface area contributed by atoms with Crippen LogP contribution in [-0.4, -0.2) is 41.6 Å². The Kier molecular flexibility index (Phi) is 4.43. The quantitative estimate of drug-likeness (QED) is 0.871. The van der Waals surface area contributed by atoms with Gasteiger partial charge in [-0.25, -0.2) is 0 Å². The van der Waals surface area contributed by atoms with Gasteiger partial charge >= 0.3 is 0 Å². The first kappa shape index (κ1) is 13.9. The van der Waals surface area contributed by atoms with Crippen LogP contribution in [0.5, 0.6) is 5.75 Å². The van der Waals surface area contributed by atoms with Gasteiger partial charge in [-0.2, -0.15) is 0 Å². The Labute approximate surface area is 114 Å². The van der Waals surface area contributed by atoms with Gasteiger partial charge < -0.3 is 10.4 Å². The second-order valence-corrected chi connectivity index (χ2v) is 5.11. The molecule has 4 heteroatoms. The fourth-order valence-electron chi connectivity index (χ4n) is 2.69. The lowest BCUT2D eigenvalue weighted by molar-refractivity contribution is 0.0938. The van der Waals surface area contributed by atoms with E-state index in [-0.39, 0.29) is 11.7 Å². The zero-order valence-electron chi connectivity index (χ0n) is 11.6. The molecule has 1 unspecified atom stereocenters. The SMILES string of the molecule is CCN1CCCC1CNC(=O)c1cccc(C)c1O. The molecule has 2 rings (SSSR count). The molecule has 1 fully saturated rings. The van der Waals surface area contributed by atoms with E-state index in [1.54, 1.807) is 25.1 Å². The van der Waals surface area contributed by atoms with Gasteiger partial charge in [0.1, 0.15) is 5.75 Å². The number of hydrogen-bond donors (Lipinski definition) is 2. The third-order valence-electron chi connectivity index (χ3n) is 3.89. The Balaban J connectivity index is 1.96. The van der Waals surface area contributed by atoms with Crippen molar-refractivity contribution in [3.05, 3.63) is 29.3 Å². The molecule has 1 aliphatic heterocycles. The Bertz CT molecular complexity index is 459. The molecule has 1 atom stereocenters. The zero-order valence-corrected chi connectivity index (χ0v) is 11.6. The second kappa shape index (κ2) is 6.06. The molecule has 1 aromatic carbocycles. The minimum atomic E-state index is -0.191. The first-order valence-corrected chi connectivity index (χ1v) is 6.94. The van der Waals surface area contributed by atoms with Crippen molar-refractivity contribution in [3.8, 4) is 5.75 Å². The van der Waals surface area contributed by atoms with Crippen LogP contribution in [0.2, 0.25) is 0 Å². The monoisotopic (exact) mass is 262 g/mol. The van der Waals surface area contributed by atoms with E-state index in [4.69, 9.17) is 0 Å². The summed E-state index contributed by atoms with van der Waals surface area (Å²) in [4.78, 5) is 14.5. The number of phenolic OH excluding ortho intramolecular Hbond substituents is 1. The maximum atomic E-state index is 12.1. The predicted molar refractivity (Wildman–Crippen MR) is 75.4 cm³/mol. The lowest BCUT2D eigenvalue weighted by Crippen LogP contribution is -2.40. The highest BCUT2D eigenvalue weighted by atomic mass is 16.3. The van der Waals surface area contributed by atoms with E-state index in [1.807, 2.05) is 0 Å². The molecule has 1 aliphatic rings. The molecule has 0 radical (unpaired) electrons. The van der Waals surface area contributed by atoms with Crippen molar-refractivity contribution in [1.29, 1.82) is 0 Å². The smallest absolute Gasteiger partial charge is 0.255 e. The minimum Gasteiger partial charge on any atom is -0.507 e. The fraction of sp³-hybridized carbons (Fsp3) is 0.533. The summed E-state index contributed by atoms with van der Waals surface area (Å²) in [6.45, 7) is 6.73. The van der Waals surface area contributed by atoms with Crippen LogP contribution in [0.3, 0.4) is 0 Å². The number of aryl methyl sites for hydroxylation is 1. The fourth-order valence-corrected chi connectivity index (χ4v) is 2.69. The van der Waals surface area contributed by atoms with Crippen LogP contribution in [0.4, 0.5) is 0 Å². The predicted octanol–water partition coefficient (Wildman–Crippen LogP) is 1.91. The molecule has 0 bridgehead atoms. The summed E-state index contributed by atoms with van der Waals surface area (Å²) >= 11 is 0. The van der Waals surface area contributed by atoms with Crippen LogP contribution in [0.15, 0.2) is 18.2 Å². The summed E-state index contributed by atoms with van der Waals surface area (Å²) < 4.78 is 0. The van der Waals surface area contributed by atoms with Crippen molar-refractivity contribution < 1.29 is 9.90 Å². The average Bonchev–Trinajstić information content (AvgIpc) is 2.86. The zero-order chi connectivity index (χ0) is 13.8. The van der Waals surface area contributed by atoms with Gasteiger partial charge in [0.25, 0.3) is 5.91 Å². The van der Waals surface area contributed by atoms with E-state index in [1.165, 1.54) is 6.42 Å². The second-order valence-electron chi connectivity index (χ2n) is 5.11. The number of para-hydroxylation sites is 1. The molecular weight excluding hydrogens is 240 g/mol. The van der Waals surface area contributed by atoms with Crippen molar-refractivity contribution in [2.24, 2.45) is 0 Å². The number of benzene rings is 1. The third-order valence-corrected chi connectivity index (χ3v) is 3.89. The maximum Gasteiger partial charge on any atom is 0.255 e. The molecular formula is C15H22N2O2. The highest BCUT2D eigenvalue weighted by Crippen LogP contribution is 2.21. The lowest BCUT2D eigenvalue weighted by atomic mass is 10.1. The summed E-state index contributed by atoms with van der Waals surface area (Å²) in [6, 6.07) is 5.67. The normalized spacial score (nSPS) is 19.6. The van der Waals surface area contributed by atoms with Gasteiger partial charge in [-0.15, -0.1) is 0 Å². The van der Waals surface area contributed by atoms with Crippen molar-refractivity contribution in [2.45, 2.75) is 32.7 Å². The van der Waals surface area contributed by atoms with Crippen molar-refractivity contribution >= 4 is 5.91 Å². The number of likely N-dealkylation sites (tertiary alicyclic amines) is 1. The molecule has 1 heterocycles. The Hall–Kier alpha value is -1.55. The van der Waals surface area contributed by atoms with E-state index in [0.29, 0.717) is 18.2 Å². The summed E-state index contributed by atoms with van der Waals surface area (Å²) in [6.07, 6.45) is 2.33. The van der Waals surface area contributed by atoms with E-state index >= 15 is 0 Å². The number of amides is 1. The van der Waals surface area contributed by atoms with Crippen molar-refractivity contribution in [1.82, 2.24) is 10.2 Å². The number of phenols is 1. The topological polar surface area (TPSA) is 52.6 Å². The van der Waals surface area contributed by atoms with E-state index < -0.39 is 0 Å². The molecule has 0 saturated carbocycles. The van der Waals surface area contributed by atoms with Gasteiger partial charge in [-0.1, -0.05) is 19.1 Å². The number of hydrogen-bond acceptors (Lipinski definition) is 3. The first-order chi connectivity index (χ1) is 9.13.